The van der Waals surface area contributed by atoms with Crippen LogP contribution in [0.2, 0.25) is 0 Å². The van der Waals surface area contributed by atoms with Crippen molar-refractivity contribution in [2.45, 2.75) is 6.92 Å². The minimum Gasteiger partial charge on any atom is -0.304 e. The molecule has 0 amide bonds. The van der Waals surface area contributed by atoms with Crippen LogP contribution in [0.25, 0.3) is 33.5 Å². The summed E-state index contributed by atoms with van der Waals surface area (Å²) in [6.45, 7) is 2.05. The van der Waals surface area contributed by atoms with Crippen molar-refractivity contribution in [3.05, 3.63) is 103 Å². The molecule has 0 aliphatic rings. The Balaban J connectivity index is 0.00000196. The average Bonchev–Trinajstić information content (AvgIpc) is 2.69. The predicted molar refractivity (Wildman–Crippen MR) is 104 cm³/mol. The van der Waals surface area contributed by atoms with Crippen LogP contribution < -0.4 is 0 Å². The van der Waals surface area contributed by atoms with Gasteiger partial charge in [-0.1, -0.05) is 66.7 Å². The topological polar surface area (TPSA) is 12.9 Å². The molecule has 4 rings (SSSR count). The van der Waals surface area contributed by atoms with Gasteiger partial charge in [0.25, 0.3) is 0 Å². The maximum Gasteiger partial charge on any atom is 0.0190 e. The average molecular weight is 515 g/mol. The molecule has 1 aromatic heterocycles. The van der Waals surface area contributed by atoms with Gasteiger partial charge in [0.15, 0.2) is 0 Å². The number of aryl methyl sites for hydroxylation is 1. The second-order valence-corrected chi connectivity index (χ2v) is 6.12. The molecule has 26 heavy (non-hydrogen) atoms. The van der Waals surface area contributed by atoms with Crippen molar-refractivity contribution in [2.24, 2.45) is 0 Å². The Kier molecular flexibility index (Phi) is 5.81. The number of aromatic nitrogens is 1. The van der Waals surface area contributed by atoms with Crippen LogP contribution in [0.5, 0.6) is 0 Å². The van der Waals surface area contributed by atoms with E-state index in [1.54, 1.807) is 0 Å². The quantitative estimate of drug-likeness (QED) is 0.297. The molecule has 0 saturated heterocycles. The Morgan fingerprint density at radius 3 is 2.12 bits per heavy atom. The first-order chi connectivity index (χ1) is 12.3. The molecular formula is C24H18NPt-. The van der Waals surface area contributed by atoms with Gasteiger partial charge in [-0.25, -0.2) is 0 Å². The van der Waals surface area contributed by atoms with Crippen molar-refractivity contribution < 1.29 is 21.1 Å². The third-order valence-corrected chi connectivity index (χ3v) is 4.31. The van der Waals surface area contributed by atoms with Gasteiger partial charge < -0.3 is 4.98 Å². The van der Waals surface area contributed by atoms with Crippen LogP contribution in [-0.2, 0) is 21.1 Å². The third-order valence-electron chi connectivity index (χ3n) is 4.31. The summed E-state index contributed by atoms with van der Waals surface area (Å²) in [5, 5.41) is 0. The third kappa shape index (κ3) is 3.84. The summed E-state index contributed by atoms with van der Waals surface area (Å²) in [4.78, 5) is 4.53. The number of pyridine rings is 1. The van der Waals surface area contributed by atoms with Gasteiger partial charge in [-0.15, -0.1) is 35.4 Å². The SMILES string of the molecule is Cc1ccc(-c2[c-]ccc(-c3ccccc3-c3ccccc3)c2)nc1.[Pt]. The van der Waals surface area contributed by atoms with Gasteiger partial charge in [-0.05, 0) is 34.9 Å². The number of nitrogens with zero attached hydrogens (tertiary/aromatic N) is 1. The number of benzene rings is 3. The molecule has 1 nitrogen and oxygen atoms in total. The van der Waals surface area contributed by atoms with Crippen molar-refractivity contribution >= 4 is 0 Å². The van der Waals surface area contributed by atoms with E-state index >= 15 is 0 Å². The monoisotopic (exact) mass is 515 g/mol. The van der Waals surface area contributed by atoms with E-state index in [-0.39, 0.29) is 21.1 Å². The van der Waals surface area contributed by atoms with Crippen LogP contribution in [0, 0.1) is 13.0 Å². The fourth-order valence-electron chi connectivity index (χ4n) is 3.01. The zero-order valence-electron chi connectivity index (χ0n) is 14.4. The molecule has 0 aliphatic heterocycles. The summed E-state index contributed by atoms with van der Waals surface area (Å²) in [5.41, 5.74) is 7.98. The van der Waals surface area contributed by atoms with E-state index < -0.39 is 0 Å². The summed E-state index contributed by atoms with van der Waals surface area (Å²) in [5.74, 6) is 0. The molecule has 0 atom stereocenters. The van der Waals surface area contributed by atoms with E-state index in [1.165, 1.54) is 22.3 Å². The summed E-state index contributed by atoms with van der Waals surface area (Å²) in [6.07, 6.45) is 1.90. The van der Waals surface area contributed by atoms with Crippen molar-refractivity contribution in [3.8, 4) is 33.5 Å². The molecule has 130 valence electrons. The molecule has 0 spiro atoms. The summed E-state index contributed by atoms with van der Waals surface area (Å²) < 4.78 is 0. The molecule has 0 aliphatic carbocycles. The molecule has 0 radical (unpaired) electrons. The predicted octanol–water partition coefficient (Wildman–Crippen LogP) is 6.19. The molecule has 1 heterocycles. The molecular weight excluding hydrogens is 497 g/mol. The van der Waals surface area contributed by atoms with Crippen LogP contribution in [0.4, 0.5) is 0 Å². The molecule has 0 bridgehead atoms. The van der Waals surface area contributed by atoms with Crippen molar-refractivity contribution in [1.82, 2.24) is 4.98 Å². The number of hydrogen-bond donors (Lipinski definition) is 0. The van der Waals surface area contributed by atoms with Gasteiger partial charge in [0.05, 0.1) is 0 Å². The maximum atomic E-state index is 4.53. The van der Waals surface area contributed by atoms with Crippen molar-refractivity contribution in [2.75, 3.05) is 0 Å². The number of hydrogen-bond acceptors (Lipinski definition) is 1. The van der Waals surface area contributed by atoms with Crippen LogP contribution in [0.15, 0.2) is 91.1 Å². The maximum absolute atomic E-state index is 4.53. The van der Waals surface area contributed by atoms with E-state index in [0.29, 0.717) is 0 Å². The fourth-order valence-corrected chi connectivity index (χ4v) is 3.01. The molecule has 0 saturated carbocycles. The molecule has 0 fully saturated rings. The molecule has 0 unspecified atom stereocenters. The summed E-state index contributed by atoms with van der Waals surface area (Å²) in [7, 11) is 0. The molecule has 2 heteroatoms. The fraction of sp³-hybridized carbons (Fsp3) is 0.0417. The van der Waals surface area contributed by atoms with Crippen molar-refractivity contribution in [1.29, 1.82) is 0 Å². The molecule has 4 aromatic rings. The van der Waals surface area contributed by atoms with Gasteiger partial charge in [0.2, 0.25) is 0 Å². The van der Waals surface area contributed by atoms with Gasteiger partial charge in [0.1, 0.15) is 0 Å². The Morgan fingerprint density at radius 2 is 1.42 bits per heavy atom. The normalized spacial score (nSPS) is 10.2. The Bertz CT molecular complexity index is 992. The Labute approximate surface area is 169 Å². The van der Waals surface area contributed by atoms with Crippen LogP contribution in [0.1, 0.15) is 5.56 Å². The van der Waals surface area contributed by atoms with Crippen LogP contribution in [-0.4, -0.2) is 4.98 Å². The van der Waals surface area contributed by atoms with Crippen LogP contribution >= 0.6 is 0 Å². The van der Waals surface area contributed by atoms with E-state index in [2.05, 4.69) is 77.8 Å². The van der Waals surface area contributed by atoms with Gasteiger partial charge in [-0.3, -0.25) is 0 Å². The first kappa shape index (κ1) is 18.3. The minimum absolute atomic E-state index is 0. The Morgan fingerprint density at radius 1 is 0.731 bits per heavy atom. The Hall–Kier alpha value is -2.50. The van der Waals surface area contributed by atoms with E-state index in [1.807, 2.05) is 31.3 Å². The minimum atomic E-state index is 0. The second-order valence-electron chi connectivity index (χ2n) is 6.12. The zero-order chi connectivity index (χ0) is 17.1. The standard InChI is InChI=1S/C24H18N.Pt/c1-18-14-15-24(25-17-18)21-11-7-10-20(16-21)23-13-6-5-12-22(23)19-8-3-2-4-9-19;/h2-10,12-17H,1H3;/q-1;. The number of rotatable bonds is 3. The van der Waals surface area contributed by atoms with E-state index in [4.69, 9.17) is 0 Å². The van der Waals surface area contributed by atoms with E-state index in [9.17, 15) is 0 Å². The van der Waals surface area contributed by atoms with Gasteiger partial charge in [0, 0.05) is 27.3 Å². The molecule has 0 N–H and O–H groups in total. The first-order valence-corrected chi connectivity index (χ1v) is 8.41. The van der Waals surface area contributed by atoms with Gasteiger partial charge >= 0.3 is 0 Å². The largest absolute Gasteiger partial charge is 0.304 e. The molecule has 3 aromatic carbocycles. The summed E-state index contributed by atoms with van der Waals surface area (Å²) in [6, 6.07) is 32.7. The first-order valence-electron chi connectivity index (χ1n) is 8.41. The van der Waals surface area contributed by atoms with E-state index in [0.717, 1.165) is 16.8 Å². The van der Waals surface area contributed by atoms with Gasteiger partial charge in [-0.2, -0.15) is 0 Å². The second kappa shape index (κ2) is 8.25. The van der Waals surface area contributed by atoms with Crippen molar-refractivity contribution in [3.63, 3.8) is 0 Å². The zero-order valence-corrected chi connectivity index (χ0v) is 16.7. The summed E-state index contributed by atoms with van der Waals surface area (Å²) >= 11 is 0. The van der Waals surface area contributed by atoms with Crippen LogP contribution in [0.3, 0.4) is 0 Å². The smallest absolute Gasteiger partial charge is 0.0190 e.